The number of morpholine rings is 1. The van der Waals surface area contributed by atoms with Crippen molar-refractivity contribution < 1.29 is 14.3 Å². The largest absolute Gasteiger partial charge is 0.494 e. The predicted octanol–water partition coefficient (Wildman–Crippen LogP) is 2.04. The molecule has 0 bridgehead atoms. The molecule has 0 radical (unpaired) electrons. The molecule has 116 valence electrons. The minimum atomic E-state index is -0.277. The lowest BCUT2D eigenvalue weighted by Gasteiger charge is -2.22. The lowest BCUT2D eigenvalue weighted by atomic mass is 10.1. The number of carbonyl (C=O) groups is 1. The maximum absolute atomic E-state index is 12.0. The van der Waals surface area contributed by atoms with E-state index in [-0.39, 0.29) is 11.9 Å². The molecule has 21 heavy (non-hydrogen) atoms. The second-order valence-corrected chi connectivity index (χ2v) is 5.63. The second-order valence-electron chi connectivity index (χ2n) is 5.63. The van der Waals surface area contributed by atoms with Crippen LogP contribution in [0.15, 0.2) is 24.3 Å². The van der Waals surface area contributed by atoms with Gasteiger partial charge in [-0.05, 0) is 36.6 Å². The molecule has 1 heterocycles. The van der Waals surface area contributed by atoms with Crippen molar-refractivity contribution in [1.82, 2.24) is 5.32 Å². The molecular weight excluding hydrogens is 268 g/mol. The van der Waals surface area contributed by atoms with E-state index < -0.39 is 0 Å². The average Bonchev–Trinajstić information content (AvgIpc) is 2.49. The molecule has 0 unspecified atom stereocenters. The second kappa shape index (κ2) is 8.00. The molecule has 1 aromatic rings. The summed E-state index contributed by atoms with van der Waals surface area (Å²) in [5, 5.41) is 6.00. The average molecular weight is 292 g/mol. The Hall–Kier alpha value is -1.59. The van der Waals surface area contributed by atoms with Gasteiger partial charge >= 0.3 is 0 Å². The van der Waals surface area contributed by atoms with Gasteiger partial charge in [0.05, 0.1) is 19.8 Å². The van der Waals surface area contributed by atoms with Crippen molar-refractivity contribution in [2.45, 2.75) is 26.3 Å². The number of amides is 1. The highest BCUT2D eigenvalue weighted by Gasteiger charge is 2.20. The SMILES string of the molecule is CC(C)CCOc1ccc(NC(=O)[C@H]2COCCN2)cc1. The summed E-state index contributed by atoms with van der Waals surface area (Å²) in [6, 6.07) is 7.18. The lowest BCUT2D eigenvalue weighted by Crippen LogP contribution is -2.48. The molecule has 2 rings (SSSR count). The van der Waals surface area contributed by atoms with E-state index in [1.165, 1.54) is 0 Å². The fourth-order valence-corrected chi connectivity index (χ4v) is 2.01. The zero-order chi connectivity index (χ0) is 15.1. The molecule has 5 nitrogen and oxygen atoms in total. The van der Waals surface area contributed by atoms with Gasteiger partial charge in [0, 0.05) is 12.2 Å². The predicted molar refractivity (Wildman–Crippen MR) is 82.6 cm³/mol. The number of hydrogen-bond acceptors (Lipinski definition) is 4. The molecular formula is C16H24N2O3. The molecule has 1 atom stereocenters. The van der Waals surface area contributed by atoms with Crippen molar-refractivity contribution in [3.63, 3.8) is 0 Å². The topological polar surface area (TPSA) is 59.6 Å². The van der Waals surface area contributed by atoms with E-state index >= 15 is 0 Å². The van der Waals surface area contributed by atoms with Gasteiger partial charge in [-0.25, -0.2) is 0 Å². The Morgan fingerprint density at radius 1 is 1.43 bits per heavy atom. The Kier molecular flexibility index (Phi) is 6.02. The van der Waals surface area contributed by atoms with Crippen LogP contribution < -0.4 is 15.4 Å². The normalized spacial score (nSPS) is 18.5. The van der Waals surface area contributed by atoms with Crippen LogP contribution in [0.4, 0.5) is 5.69 Å². The molecule has 1 aliphatic rings. The number of ether oxygens (including phenoxy) is 2. The molecule has 1 aromatic carbocycles. The highest BCUT2D eigenvalue weighted by Crippen LogP contribution is 2.16. The van der Waals surface area contributed by atoms with E-state index in [0.717, 1.165) is 17.9 Å². The van der Waals surface area contributed by atoms with Crippen molar-refractivity contribution in [3.8, 4) is 5.75 Å². The Labute approximate surface area is 126 Å². The van der Waals surface area contributed by atoms with Gasteiger partial charge in [0.1, 0.15) is 11.8 Å². The Morgan fingerprint density at radius 3 is 2.81 bits per heavy atom. The van der Waals surface area contributed by atoms with Crippen LogP contribution in [0, 0.1) is 5.92 Å². The van der Waals surface area contributed by atoms with Crippen molar-refractivity contribution >= 4 is 11.6 Å². The molecule has 0 aliphatic carbocycles. The van der Waals surface area contributed by atoms with Crippen LogP contribution in [-0.4, -0.2) is 38.3 Å². The number of nitrogens with one attached hydrogen (secondary N) is 2. The number of benzene rings is 1. The van der Waals surface area contributed by atoms with Gasteiger partial charge in [0.15, 0.2) is 0 Å². The van der Waals surface area contributed by atoms with E-state index in [1.807, 2.05) is 24.3 Å². The third kappa shape index (κ3) is 5.36. The zero-order valence-corrected chi connectivity index (χ0v) is 12.7. The van der Waals surface area contributed by atoms with Gasteiger partial charge in [-0.1, -0.05) is 13.8 Å². The van der Waals surface area contributed by atoms with Crippen LogP contribution >= 0.6 is 0 Å². The summed E-state index contributed by atoms with van der Waals surface area (Å²) in [4.78, 5) is 12.0. The first-order chi connectivity index (χ1) is 10.1. The number of hydrogen-bond donors (Lipinski definition) is 2. The maximum atomic E-state index is 12.0. The third-order valence-corrected chi connectivity index (χ3v) is 3.32. The van der Waals surface area contributed by atoms with Crippen molar-refractivity contribution in [2.24, 2.45) is 5.92 Å². The van der Waals surface area contributed by atoms with Gasteiger partial charge in [0.25, 0.3) is 0 Å². The summed E-state index contributed by atoms with van der Waals surface area (Å²) in [7, 11) is 0. The van der Waals surface area contributed by atoms with E-state index in [0.29, 0.717) is 32.3 Å². The van der Waals surface area contributed by atoms with E-state index in [2.05, 4.69) is 24.5 Å². The molecule has 2 N–H and O–H groups in total. The van der Waals surface area contributed by atoms with E-state index in [4.69, 9.17) is 9.47 Å². The molecule has 1 amide bonds. The molecule has 1 aliphatic heterocycles. The van der Waals surface area contributed by atoms with Gasteiger partial charge in [-0.2, -0.15) is 0 Å². The number of anilines is 1. The Bertz CT molecular complexity index is 439. The first-order valence-electron chi connectivity index (χ1n) is 7.50. The van der Waals surface area contributed by atoms with Crippen LogP contribution in [0.1, 0.15) is 20.3 Å². The quantitative estimate of drug-likeness (QED) is 0.842. The third-order valence-electron chi connectivity index (χ3n) is 3.32. The van der Waals surface area contributed by atoms with Gasteiger partial charge in [0.2, 0.25) is 5.91 Å². The van der Waals surface area contributed by atoms with Gasteiger partial charge in [-0.3, -0.25) is 4.79 Å². The number of rotatable bonds is 6. The van der Waals surface area contributed by atoms with Crippen LogP contribution in [0.25, 0.3) is 0 Å². The van der Waals surface area contributed by atoms with Gasteiger partial charge < -0.3 is 20.1 Å². The fraction of sp³-hybridized carbons (Fsp3) is 0.562. The van der Waals surface area contributed by atoms with Crippen molar-refractivity contribution in [3.05, 3.63) is 24.3 Å². The smallest absolute Gasteiger partial charge is 0.243 e. The minimum Gasteiger partial charge on any atom is -0.494 e. The molecule has 5 heteroatoms. The standard InChI is InChI=1S/C16H24N2O3/c1-12(2)7-9-21-14-5-3-13(4-6-14)18-16(19)15-11-20-10-8-17-15/h3-6,12,15,17H,7-11H2,1-2H3,(H,18,19)/t15-/m1/s1. The monoisotopic (exact) mass is 292 g/mol. The highest BCUT2D eigenvalue weighted by atomic mass is 16.5. The minimum absolute atomic E-state index is 0.0665. The molecule has 0 spiro atoms. The fourth-order valence-electron chi connectivity index (χ4n) is 2.01. The van der Waals surface area contributed by atoms with Crippen molar-refractivity contribution in [2.75, 3.05) is 31.7 Å². The van der Waals surface area contributed by atoms with E-state index in [1.54, 1.807) is 0 Å². The summed E-state index contributed by atoms with van der Waals surface area (Å²) in [6.45, 7) is 6.85. The highest BCUT2D eigenvalue weighted by molar-refractivity contribution is 5.95. The summed E-state index contributed by atoms with van der Waals surface area (Å²) < 4.78 is 10.9. The summed E-state index contributed by atoms with van der Waals surface area (Å²) >= 11 is 0. The van der Waals surface area contributed by atoms with E-state index in [9.17, 15) is 4.79 Å². The van der Waals surface area contributed by atoms with Crippen LogP contribution in [0.3, 0.4) is 0 Å². The molecule has 0 aromatic heterocycles. The van der Waals surface area contributed by atoms with Crippen molar-refractivity contribution in [1.29, 1.82) is 0 Å². The maximum Gasteiger partial charge on any atom is 0.243 e. The lowest BCUT2D eigenvalue weighted by molar-refractivity contribution is -0.120. The molecule has 1 saturated heterocycles. The summed E-state index contributed by atoms with van der Waals surface area (Å²) in [5.74, 6) is 1.39. The van der Waals surface area contributed by atoms with Crippen LogP contribution in [-0.2, 0) is 9.53 Å². The summed E-state index contributed by atoms with van der Waals surface area (Å²) in [6.07, 6.45) is 1.03. The first kappa shape index (κ1) is 15.8. The zero-order valence-electron chi connectivity index (χ0n) is 12.7. The summed E-state index contributed by atoms with van der Waals surface area (Å²) in [5.41, 5.74) is 0.767. The first-order valence-corrected chi connectivity index (χ1v) is 7.50. The number of carbonyl (C=O) groups excluding carboxylic acids is 1. The molecule has 0 saturated carbocycles. The Morgan fingerprint density at radius 2 is 2.19 bits per heavy atom. The Balaban J connectivity index is 1.80. The van der Waals surface area contributed by atoms with Crippen LogP contribution in [0.2, 0.25) is 0 Å². The van der Waals surface area contributed by atoms with Crippen LogP contribution in [0.5, 0.6) is 5.75 Å². The molecule has 1 fully saturated rings. The van der Waals surface area contributed by atoms with Gasteiger partial charge in [-0.15, -0.1) is 0 Å².